The Morgan fingerprint density at radius 1 is 0.958 bits per heavy atom. The van der Waals surface area contributed by atoms with Crippen LogP contribution in [0.4, 0.5) is 4.79 Å². The molecule has 0 fully saturated rings. The van der Waals surface area contributed by atoms with Crippen molar-refractivity contribution in [2.75, 3.05) is 12.0 Å². The van der Waals surface area contributed by atoms with Gasteiger partial charge in [0.2, 0.25) is 17.7 Å². The second kappa shape index (κ2) is 18.5. The first kappa shape index (κ1) is 40.1. The third-order valence-corrected chi connectivity index (χ3v) is 8.33. The second-order valence-corrected chi connectivity index (χ2v) is 15.0. The molecule has 0 aromatic carbocycles. The zero-order valence-corrected chi connectivity index (χ0v) is 29.7. The van der Waals surface area contributed by atoms with Crippen molar-refractivity contribution in [3.63, 3.8) is 0 Å². The number of alkyl carbamates (subject to hydrolysis) is 1. The van der Waals surface area contributed by atoms with Crippen LogP contribution in [0.5, 0.6) is 0 Å². The molecular weight excluding hydrogens is 644 g/mol. The molecule has 0 aliphatic heterocycles. The molecule has 1 unspecified atom stereocenters. The van der Waals surface area contributed by atoms with E-state index in [9.17, 15) is 32.7 Å². The molecular formula is C32H50N6O9S. The van der Waals surface area contributed by atoms with Crippen LogP contribution in [-0.4, -0.2) is 83.5 Å². The average molecular weight is 695 g/mol. The van der Waals surface area contributed by atoms with E-state index in [1.807, 2.05) is 13.8 Å². The van der Waals surface area contributed by atoms with Crippen LogP contribution in [0.25, 0.3) is 0 Å². The van der Waals surface area contributed by atoms with Crippen LogP contribution < -0.4 is 21.3 Å². The van der Waals surface area contributed by atoms with Gasteiger partial charge in [0.05, 0.1) is 30.1 Å². The minimum atomic E-state index is -3.75. The van der Waals surface area contributed by atoms with Gasteiger partial charge in [0.15, 0.2) is 5.89 Å². The normalized spacial score (nSPS) is 14.8. The number of aliphatic hydroxyl groups excluding tert-OH is 1. The number of pyridine rings is 1. The van der Waals surface area contributed by atoms with Gasteiger partial charge in [-0.3, -0.25) is 19.4 Å². The smallest absolute Gasteiger partial charge is 0.408 e. The van der Waals surface area contributed by atoms with Crippen molar-refractivity contribution in [2.24, 2.45) is 17.8 Å². The Morgan fingerprint density at radius 2 is 1.65 bits per heavy atom. The summed E-state index contributed by atoms with van der Waals surface area (Å²) in [6.45, 7) is 12.1. The van der Waals surface area contributed by atoms with E-state index in [0.717, 1.165) is 6.26 Å². The third-order valence-electron chi connectivity index (χ3n) is 7.39. The number of aromatic nitrogens is 2. The lowest BCUT2D eigenvalue weighted by molar-refractivity contribution is -0.132. The van der Waals surface area contributed by atoms with Crippen molar-refractivity contribution < 1.29 is 41.9 Å². The molecule has 0 aliphatic carbocycles. The van der Waals surface area contributed by atoms with E-state index >= 15 is 0 Å². The molecule has 16 heteroatoms. The van der Waals surface area contributed by atoms with Gasteiger partial charge in [0.1, 0.15) is 40.0 Å². The summed E-state index contributed by atoms with van der Waals surface area (Å²) in [5, 5.41) is 21.7. The van der Waals surface area contributed by atoms with Crippen LogP contribution in [0.2, 0.25) is 0 Å². The minimum absolute atomic E-state index is 0.0114. The van der Waals surface area contributed by atoms with Gasteiger partial charge in [0.25, 0.3) is 0 Å². The second-order valence-electron chi connectivity index (χ2n) is 12.8. The molecule has 0 spiro atoms. The van der Waals surface area contributed by atoms with E-state index in [1.165, 1.54) is 0 Å². The molecule has 4 amide bonds. The molecule has 0 radical (unpaired) electrons. The number of hydrogen-bond donors (Lipinski definition) is 5. The van der Waals surface area contributed by atoms with Crippen LogP contribution in [0.1, 0.15) is 70.5 Å². The number of hydrogen-bond acceptors (Lipinski definition) is 11. The van der Waals surface area contributed by atoms with Crippen LogP contribution in [-0.2, 0) is 42.1 Å². The predicted molar refractivity (Wildman–Crippen MR) is 177 cm³/mol. The number of carbonyl (C=O) groups is 4. The van der Waals surface area contributed by atoms with Crippen LogP contribution in [0.3, 0.4) is 0 Å². The van der Waals surface area contributed by atoms with Crippen molar-refractivity contribution in [1.29, 1.82) is 0 Å². The molecule has 15 nitrogen and oxygen atoms in total. The molecule has 0 aliphatic rings. The summed E-state index contributed by atoms with van der Waals surface area (Å²) in [5.41, 5.74) is 1.03. The van der Waals surface area contributed by atoms with E-state index in [-0.39, 0.29) is 43.7 Å². The van der Waals surface area contributed by atoms with Gasteiger partial charge < -0.3 is 35.5 Å². The lowest BCUT2D eigenvalue weighted by Crippen LogP contribution is -2.55. The van der Waals surface area contributed by atoms with Crippen molar-refractivity contribution in [1.82, 2.24) is 31.2 Å². The van der Waals surface area contributed by atoms with Gasteiger partial charge in [-0.15, -0.1) is 0 Å². The number of nitrogens with zero attached hydrogens (tertiary/aromatic N) is 2. The third kappa shape index (κ3) is 14.0. The lowest BCUT2D eigenvalue weighted by Gasteiger charge is -2.30. The molecule has 2 heterocycles. The van der Waals surface area contributed by atoms with Crippen LogP contribution in [0, 0.1) is 31.6 Å². The van der Waals surface area contributed by atoms with E-state index < -0.39 is 63.6 Å². The number of aryl methyl sites for hydroxylation is 2. The van der Waals surface area contributed by atoms with Crippen LogP contribution in [0.15, 0.2) is 28.8 Å². The maximum Gasteiger partial charge on any atom is 0.408 e. The van der Waals surface area contributed by atoms with E-state index in [0.29, 0.717) is 23.0 Å². The Morgan fingerprint density at radius 3 is 2.19 bits per heavy atom. The maximum atomic E-state index is 13.4. The monoisotopic (exact) mass is 694 g/mol. The number of ether oxygens (including phenoxy) is 1. The van der Waals surface area contributed by atoms with Gasteiger partial charge in [-0.1, -0.05) is 40.7 Å². The van der Waals surface area contributed by atoms with Crippen molar-refractivity contribution >= 4 is 33.7 Å². The standard InChI is InChI=1S/C32H50N6O9S/c1-18(2)13-24(36-30(41)26(17-48(8,44)45)37-32(43)46-16-25-21(6)47-22(7)35-25)27(39)14-20(5)29(40)38-28(19(3)4)31(42)34-15-23-11-9-10-12-33-23/h9-12,18-20,24,26-28,39H,13-17H2,1-8H3,(H,34,42)(H,36,41)(H,37,43)(H,38,40)/t20-,24-,26?,27+,28-/m1/s1. The Labute approximate surface area is 282 Å². The first-order valence-corrected chi connectivity index (χ1v) is 17.9. The molecule has 5 atom stereocenters. The predicted octanol–water partition coefficient (Wildman–Crippen LogP) is 1.70. The maximum absolute atomic E-state index is 13.4. The Kier molecular flexibility index (Phi) is 15.5. The summed E-state index contributed by atoms with van der Waals surface area (Å²) in [5.74, 6) is -2.61. The Balaban J connectivity index is 2.07. The van der Waals surface area contributed by atoms with Crippen molar-refractivity contribution in [3.8, 4) is 0 Å². The SMILES string of the molecule is Cc1nc(COC(=O)NC(CS(C)(=O)=O)C(=O)N[C@H](CC(C)C)[C@@H](O)C[C@@H](C)C(=O)N[C@@H](C(=O)NCc2ccccn2)C(C)C)c(C)o1. The summed E-state index contributed by atoms with van der Waals surface area (Å²) in [4.78, 5) is 60.3. The first-order chi connectivity index (χ1) is 22.4. The van der Waals surface area contributed by atoms with E-state index in [2.05, 4.69) is 31.2 Å². The average Bonchev–Trinajstić information content (AvgIpc) is 3.32. The fraction of sp³-hybridized carbons (Fsp3) is 0.625. The summed E-state index contributed by atoms with van der Waals surface area (Å²) in [7, 11) is -3.75. The topological polar surface area (TPSA) is 219 Å². The van der Waals surface area contributed by atoms with Crippen molar-refractivity contribution in [3.05, 3.63) is 47.4 Å². The van der Waals surface area contributed by atoms with Crippen molar-refractivity contribution in [2.45, 2.75) is 98.7 Å². The summed E-state index contributed by atoms with van der Waals surface area (Å²) in [6.07, 6.45) is 0.474. The molecule has 2 rings (SSSR count). The highest BCUT2D eigenvalue weighted by molar-refractivity contribution is 7.90. The molecule has 2 aromatic rings. The van der Waals surface area contributed by atoms with E-state index in [4.69, 9.17) is 9.15 Å². The fourth-order valence-electron chi connectivity index (χ4n) is 4.87. The lowest BCUT2D eigenvalue weighted by atomic mass is 9.91. The van der Waals surface area contributed by atoms with Gasteiger partial charge in [-0.25, -0.2) is 18.2 Å². The molecule has 5 N–H and O–H groups in total. The molecule has 0 bridgehead atoms. The number of amides is 4. The minimum Gasteiger partial charge on any atom is -0.446 e. The summed E-state index contributed by atoms with van der Waals surface area (Å²) < 4.78 is 34.7. The number of carbonyl (C=O) groups excluding carboxylic acids is 4. The van der Waals surface area contributed by atoms with Gasteiger partial charge in [0, 0.05) is 25.3 Å². The number of sulfone groups is 1. The molecule has 268 valence electrons. The number of rotatable bonds is 18. The summed E-state index contributed by atoms with van der Waals surface area (Å²) in [6, 6.07) is 2.07. The zero-order valence-electron chi connectivity index (χ0n) is 28.9. The zero-order chi connectivity index (χ0) is 36.2. The van der Waals surface area contributed by atoms with Gasteiger partial charge in [-0.2, -0.15) is 0 Å². The van der Waals surface area contributed by atoms with E-state index in [1.54, 1.807) is 59.0 Å². The molecule has 2 aromatic heterocycles. The molecule has 0 saturated heterocycles. The highest BCUT2D eigenvalue weighted by atomic mass is 32.2. The molecule has 48 heavy (non-hydrogen) atoms. The first-order valence-electron chi connectivity index (χ1n) is 15.9. The number of oxazole rings is 1. The Hall–Kier alpha value is -4.05. The fourth-order valence-corrected chi connectivity index (χ4v) is 5.71. The largest absolute Gasteiger partial charge is 0.446 e. The van der Waals surface area contributed by atoms with Gasteiger partial charge >= 0.3 is 6.09 Å². The highest BCUT2D eigenvalue weighted by Gasteiger charge is 2.33. The number of nitrogens with one attached hydrogen (secondary N) is 4. The highest BCUT2D eigenvalue weighted by Crippen LogP contribution is 2.17. The Bertz CT molecular complexity index is 1480. The quantitative estimate of drug-likeness (QED) is 0.151. The molecule has 0 saturated carbocycles. The van der Waals surface area contributed by atoms with Gasteiger partial charge in [-0.05, 0) is 43.7 Å². The number of aliphatic hydroxyl groups is 1. The summed E-state index contributed by atoms with van der Waals surface area (Å²) >= 11 is 0. The van der Waals surface area contributed by atoms with Crippen LogP contribution >= 0.6 is 0 Å².